The number of hydrogen-bond donors (Lipinski definition) is 3. The number of amides is 1. The van der Waals surface area contributed by atoms with Crippen molar-refractivity contribution in [1.29, 1.82) is 0 Å². The predicted octanol–water partition coefficient (Wildman–Crippen LogP) is 2.40. The topological polar surface area (TPSA) is 125 Å². The molecular weight excluding hydrogens is 374 g/mol. The van der Waals surface area contributed by atoms with Crippen LogP contribution in [0.2, 0.25) is 0 Å². The van der Waals surface area contributed by atoms with Crippen LogP contribution < -0.4 is 22.0 Å². The van der Waals surface area contributed by atoms with Crippen LogP contribution in [0.1, 0.15) is 15.9 Å². The summed E-state index contributed by atoms with van der Waals surface area (Å²) in [5.74, 6) is -0.139. The lowest BCUT2D eigenvalue weighted by atomic mass is 10.1. The molecular formula is C21H15N3O5. The van der Waals surface area contributed by atoms with Crippen molar-refractivity contribution >= 4 is 22.6 Å². The second kappa shape index (κ2) is 7.08. The smallest absolute Gasteiger partial charge is 0.325 e. The Labute approximate surface area is 162 Å². The molecule has 8 nitrogen and oxygen atoms in total. The quantitative estimate of drug-likeness (QED) is 0.496. The van der Waals surface area contributed by atoms with E-state index in [1.165, 1.54) is 6.07 Å². The van der Waals surface area contributed by atoms with Gasteiger partial charge in [-0.2, -0.15) is 0 Å². The van der Waals surface area contributed by atoms with Gasteiger partial charge in [-0.25, -0.2) is 4.79 Å². The molecule has 8 heteroatoms. The molecule has 0 fully saturated rings. The van der Waals surface area contributed by atoms with Crippen LogP contribution in [0, 0.1) is 6.92 Å². The van der Waals surface area contributed by atoms with Crippen LogP contribution in [-0.2, 0) is 0 Å². The van der Waals surface area contributed by atoms with Crippen LogP contribution >= 0.6 is 0 Å². The standard InChI is InChI=1S/C21H15N3O5/c1-11-2-7-17-14(8-11)16(25)9-18(29-17)12-3-5-13(6-4-12)19(26)23-15-10-22-21(28)24-20(15)27/h2-10H,1H3,(H,23,26)(H2,22,24,27,28). The summed E-state index contributed by atoms with van der Waals surface area (Å²) in [5, 5.41) is 2.94. The summed E-state index contributed by atoms with van der Waals surface area (Å²) in [5.41, 5.74) is 0.780. The summed E-state index contributed by atoms with van der Waals surface area (Å²) in [6.45, 7) is 1.90. The van der Waals surface area contributed by atoms with E-state index in [1.807, 2.05) is 18.0 Å². The lowest BCUT2D eigenvalue weighted by molar-refractivity contribution is 0.102. The van der Waals surface area contributed by atoms with Gasteiger partial charge in [0.1, 0.15) is 17.0 Å². The van der Waals surface area contributed by atoms with Gasteiger partial charge in [0.25, 0.3) is 11.5 Å². The van der Waals surface area contributed by atoms with Gasteiger partial charge >= 0.3 is 5.69 Å². The molecule has 4 rings (SSSR count). The number of aromatic amines is 2. The van der Waals surface area contributed by atoms with E-state index in [0.29, 0.717) is 22.3 Å². The fourth-order valence-corrected chi connectivity index (χ4v) is 2.90. The van der Waals surface area contributed by atoms with Crippen LogP contribution in [0.25, 0.3) is 22.3 Å². The zero-order valence-corrected chi connectivity index (χ0v) is 15.2. The summed E-state index contributed by atoms with van der Waals surface area (Å²) >= 11 is 0. The molecule has 2 heterocycles. The molecule has 4 aromatic rings. The molecule has 0 aliphatic carbocycles. The van der Waals surface area contributed by atoms with E-state index < -0.39 is 17.2 Å². The van der Waals surface area contributed by atoms with Crippen molar-refractivity contribution < 1.29 is 9.21 Å². The number of fused-ring (bicyclic) bond motifs is 1. The molecule has 0 saturated carbocycles. The normalized spacial score (nSPS) is 10.8. The number of aromatic nitrogens is 2. The molecule has 0 unspecified atom stereocenters. The number of benzene rings is 2. The number of rotatable bonds is 3. The van der Waals surface area contributed by atoms with Crippen LogP contribution in [0.4, 0.5) is 5.69 Å². The number of carbonyl (C=O) groups excluding carboxylic acids is 1. The van der Waals surface area contributed by atoms with Gasteiger partial charge in [-0.15, -0.1) is 0 Å². The molecule has 2 aromatic carbocycles. The summed E-state index contributed by atoms with van der Waals surface area (Å²) in [6, 6.07) is 13.2. The summed E-state index contributed by atoms with van der Waals surface area (Å²) in [6.07, 6.45) is 1.12. The molecule has 2 aromatic heterocycles. The van der Waals surface area contributed by atoms with E-state index in [4.69, 9.17) is 4.42 Å². The molecule has 144 valence electrons. The van der Waals surface area contributed by atoms with Crippen molar-refractivity contribution in [3.05, 3.63) is 96.9 Å². The van der Waals surface area contributed by atoms with E-state index in [1.54, 1.807) is 36.4 Å². The lowest BCUT2D eigenvalue weighted by Gasteiger charge is -2.06. The van der Waals surface area contributed by atoms with Crippen molar-refractivity contribution in [2.24, 2.45) is 0 Å². The Bertz CT molecular complexity index is 1410. The van der Waals surface area contributed by atoms with Crippen LogP contribution in [0.3, 0.4) is 0 Å². The van der Waals surface area contributed by atoms with Crippen LogP contribution in [0.15, 0.2) is 73.5 Å². The van der Waals surface area contributed by atoms with Crippen molar-refractivity contribution in [2.75, 3.05) is 5.32 Å². The first-order valence-corrected chi connectivity index (χ1v) is 8.69. The van der Waals surface area contributed by atoms with Gasteiger partial charge in [-0.1, -0.05) is 23.8 Å². The third kappa shape index (κ3) is 3.63. The highest BCUT2D eigenvalue weighted by molar-refractivity contribution is 6.04. The average Bonchev–Trinajstić information content (AvgIpc) is 2.70. The number of aryl methyl sites for hydroxylation is 1. The van der Waals surface area contributed by atoms with Gasteiger partial charge in [-0.3, -0.25) is 19.4 Å². The molecule has 0 bridgehead atoms. The maximum atomic E-state index is 12.4. The van der Waals surface area contributed by atoms with Gasteiger partial charge in [0.05, 0.1) is 5.39 Å². The Hall–Kier alpha value is -4.20. The third-order valence-electron chi connectivity index (χ3n) is 4.38. The Morgan fingerprint density at radius 1 is 1.00 bits per heavy atom. The molecule has 0 radical (unpaired) electrons. The van der Waals surface area contributed by atoms with Gasteiger partial charge < -0.3 is 14.7 Å². The number of anilines is 1. The second-order valence-electron chi connectivity index (χ2n) is 6.49. The Balaban J connectivity index is 1.62. The van der Waals surface area contributed by atoms with Crippen molar-refractivity contribution in [3.8, 4) is 11.3 Å². The predicted molar refractivity (Wildman–Crippen MR) is 108 cm³/mol. The summed E-state index contributed by atoms with van der Waals surface area (Å²) in [7, 11) is 0. The van der Waals surface area contributed by atoms with Crippen molar-refractivity contribution in [1.82, 2.24) is 9.97 Å². The van der Waals surface area contributed by atoms with Gasteiger partial charge in [0.2, 0.25) is 0 Å². The van der Waals surface area contributed by atoms with Crippen molar-refractivity contribution in [2.45, 2.75) is 6.92 Å². The number of carbonyl (C=O) groups is 1. The first kappa shape index (κ1) is 18.2. The van der Waals surface area contributed by atoms with Gasteiger partial charge in [0, 0.05) is 23.4 Å². The summed E-state index contributed by atoms with van der Waals surface area (Å²) < 4.78 is 5.83. The number of hydrogen-bond acceptors (Lipinski definition) is 5. The number of nitrogens with one attached hydrogen (secondary N) is 3. The fraction of sp³-hybridized carbons (Fsp3) is 0.0476. The van der Waals surface area contributed by atoms with E-state index in [0.717, 1.165) is 11.8 Å². The Morgan fingerprint density at radius 2 is 1.76 bits per heavy atom. The minimum atomic E-state index is -0.702. The molecule has 0 aliphatic heterocycles. The Morgan fingerprint density at radius 3 is 2.48 bits per heavy atom. The van der Waals surface area contributed by atoms with E-state index in [2.05, 4.69) is 10.3 Å². The Kier molecular flexibility index (Phi) is 4.44. The monoisotopic (exact) mass is 389 g/mol. The van der Waals surface area contributed by atoms with Gasteiger partial charge in [-0.05, 0) is 31.2 Å². The molecule has 0 spiro atoms. The SMILES string of the molecule is Cc1ccc2oc(-c3ccc(C(=O)Nc4c[nH]c(=O)[nH]c4=O)cc3)cc(=O)c2c1. The second-order valence-corrected chi connectivity index (χ2v) is 6.49. The van der Waals surface area contributed by atoms with E-state index in [9.17, 15) is 19.2 Å². The highest BCUT2D eigenvalue weighted by atomic mass is 16.3. The highest BCUT2D eigenvalue weighted by Crippen LogP contribution is 2.23. The average molecular weight is 389 g/mol. The highest BCUT2D eigenvalue weighted by Gasteiger charge is 2.11. The fourth-order valence-electron chi connectivity index (χ4n) is 2.90. The first-order chi connectivity index (χ1) is 13.9. The largest absolute Gasteiger partial charge is 0.456 e. The lowest BCUT2D eigenvalue weighted by Crippen LogP contribution is -2.26. The van der Waals surface area contributed by atoms with Gasteiger partial charge in [0.15, 0.2) is 5.43 Å². The molecule has 0 saturated heterocycles. The maximum Gasteiger partial charge on any atom is 0.325 e. The molecule has 1 amide bonds. The minimum absolute atomic E-state index is 0.0745. The molecule has 0 atom stereocenters. The zero-order valence-electron chi connectivity index (χ0n) is 15.2. The van der Waals surface area contributed by atoms with Crippen molar-refractivity contribution in [3.63, 3.8) is 0 Å². The maximum absolute atomic E-state index is 12.4. The number of H-pyrrole nitrogens is 2. The summed E-state index contributed by atoms with van der Waals surface area (Å²) in [4.78, 5) is 51.7. The zero-order chi connectivity index (χ0) is 20.5. The first-order valence-electron chi connectivity index (χ1n) is 8.69. The molecule has 0 aliphatic rings. The van der Waals surface area contributed by atoms with E-state index in [-0.39, 0.29) is 16.7 Å². The molecule has 3 N–H and O–H groups in total. The van der Waals surface area contributed by atoms with Crippen LogP contribution in [-0.4, -0.2) is 15.9 Å². The van der Waals surface area contributed by atoms with E-state index >= 15 is 0 Å². The third-order valence-corrected chi connectivity index (χ3v) is 4.38. The minimum Gasteiger partial charge on any atom is -0.456 e. The van der Waals surface area contributed by atoms with Crippen LogP contribution in [0.5, 0.6) is 0 Å². The molecule has 29 heavy (non-hydrogen) atoms.